The molecule has 4 rings (SSSR count). The molecule has 0 aliphatic heterocycles. The first kappa shape index (κ1) is 20.6. The Bertz CT molecular complexity index is 1200. The maximum atomic E-state index is 12.8. The summed E-state index contributed by atoms with van der Waals surface area (Å²) < 4.78 is 7.30. The third-order valence-electron chi connectivity index (χ3n) is 4.76. The molecule has 1 heterocycles. The molecule has 0 aliphatic rings. The van der Waals surface area contributed by atoms with Crippen molar-refractivity contribution in [1.29, 1.82) is 0 Å². The molecule has 0 atom stereocenters. The van der Waals surface area contributed by atoms with E-state index in [-0.39, 0.29) is 31.4 Å². The van der Waals surface area contributed by atoms with E-state index in [2.05, 4.69) is 10.3 Å². The highest BCUT2D eigenvalue weighted by Gasteiger charge is 2.15. The monoisotopic (exact) mass is 433 g/mol. The second-order valence-corrected chi connectivity index (χ2v) is 7.35. The summed E-state index contributed by atoms with van der Waals surface area (Å²) in [7, 11) is 0. The molecule has 6 nitrogen and oxygen atoms in total. The van der Waals surface area contributed by atoms with Crippen LogP contribution in [0.25, 0.3) is 11.0 Å². The number of aromatic nitrogens is 2. The van der Waals surface area contributed by atoms with Crippen LogP contribution in [0.4, 0.5) is 0 Å². The molecule has 0 fully saturated rings. The highest BCUT2D eigenvalue weighted by Crippen LogP contribution is 2.18. The zero-order chi connectivity index (χ0) is 21.6. The van der Waals surface area contributed by atoms with Gasteiger partial charge >= 0.3 is 0 Å². The maximum Gasteiger partial charge on any atom is 0.258 e. The lowest BCUT2D eigenvalue weighted by Gasteiger charge is -2.10. The molecule has 31 heavy (non-hydrogen) atoms. The zero-order valence-corrected chi connectivity index (χ0v) is 17.4. The lowest BCUT2D eigenvalue weighted by Crippen LogP contribution is -2.30. The topological polar surface area (TPSA) is 73.2 Å². The Morgan fingerprint density at radius 3 is 2.42 bits per heavy atom. The summed E-state index contributed by atoms with van der Waals surface area (Å²) in [6.07, 6.45) is 0. The van der Waals surface area contributed by atoms with Crippen LogP contribution < -0.4 is 10.1 Å². The van der Waals surface area contributed by atoms with E-state index in [9.17, 15) is 9.59 Å². The van der Waals surface area contributed by atoms with Crippen molar-refractivity contribution in [2.24, 2.45) is 0 Å². The van der Waals surface area contributed by atoms with Gasteiger partial charge in [-0.05, 0) is 48.5 Å². The van der Waals surface area contributed by atoms with E-state index in [0.717, 1.165) is 11.0 Å². The molecule has 0 spiro atoms. The average molecular weight is 434 g/mol. The smallest absolute Gasteiger partial charge is 0.258 e. The fourth-order valence-corrected chi connectivity index (χ4v) is 3.33. The minimum Gasteiger partial charge on any atom is -0.484 e. The molecule has 156 valence electrons. The van der Waals surface area contributed by atoms with Gasteiger partial charge in [0.1, 0.15) is 11.6 Å². The van der Waals surface area contributed by atoms with Gasteiger partial charge in [0.15, 0.2) is 12.4 Å². The SMILES string of the molecule is O=C(COc1ccccc1)NCc1nc2ccccc2n1CC(=O)c1ccc(Cl)cc1. The van der Waals surface area contributed by atoms with Gasteiger partial charge in [0.25, 0.3) is 5.91 Å². The Morgan fingerprint density at radius 1 is 0.935 bits per heavy atom. The van der Waals surface area contributed by atoms with Crippen LogP contribution in [0.2, 0.25) is 5.02 Å². The number of halogens is 1. The summed E-state index contributed by atoms with van der Waals surface area (Å²) in [5.41, 5.74) is 2.15. The van der Waals surface area contributed by atoms with Crippen LogP contribution in [0, 0.1) is 0 Å². The van der Waals surface area contributed by atoms with Gasteiger partial charge in [-0.1, -0.05) is 41.9 Å². The highest BCUT2D eigenvalue weighted by atomic mass is 35.5. The van der Waals surface area contributed by atoms with Gasteiger partial charge in [-0.25, -0.2) is 4.98 Å². The van der Waals surface area contributed by atoms with Crippen LogP contribution in [0.3, 0.4) is 0 Å². The van der Waals surface area contributed by atoms with Crippen molar-refractivity contribution in [3.8, 4) is 5.75 Å². The number of amides is 1. The number of ketones is 1. The first-order valence-corrected chi connectivity index (χ1v) is 10.2. The standard InChI is InChI=1S/C24H20ClN3O3/c25-18-12-10-17(11-13-18)22(29)15-28-21-9-5-4-8-20(21)27-23(28)14-26-24(30)16-31-19-6-2-1-3-7-19/h1-13H,14-16H2,(H,26,30). The third-order valence-corrected chi connectivity index (χ3v) is 5.01. The van der Waals surface area contributed by atoms with E-state index in [1.807, 2.05) is 47.0 Å². The number of carbonyl (C=O) groups is 2. The van der Waals surface area contributed by atoms with Gasteiger partial charge in [-0.2, -0.15) is 0 Å². The van der Waals surface area contributed by atoms with E-state index in [4.69, 9.17) is 16.3 Å². The number of carbonyl (C=O) groups excluding carboxylic acids is 2. The summed E-state index contributed by atoms with van der Waals surface area (Å²) >= 11 is 5.92. The number of rotatable bonds is 8. The van der Waals surface area contributed by atoms with Gasteiger partial charge in [-0.3, -0.25) is 9.59 Å². The lowest BCUT2D eigenvalue weighted by molar-refractivity contribution is -0.123. The van der Waals surface area contributed by atoms with E-state index < -0.39 is 0 Å². The molecule has 0 radical (unpaired) electrons. The van der Waals surface area contributed by atoms with Crippen molar-refractivity contribution in [2.75, 3.05) is 6.61 Å². The van der Waals surface area contributed by atoms with Gasteiger partial charge < -0.3 is 14.6 Å². The molecular weight excluding hydrogens is 414 g/mol. The Kier molecular flexibility index (Phi) is 6.29. The number of fused-ring (bicyclic) bond motifs is 1. The first-order chi connectivity index (χ1) is 15.1. The molecule has 1 amide bonds. The second kappa shape index (κ2) is 9.45. The number of para-hydroxylation sites is 3. The number of ether oxygens (including phenoxy) is 1. The summed E-state index contributed by atoms with van der Waals surface area (Å²) in [6.45, 7) is 0.182. The molecule has 0 unspecified atom stereocenters. The maximum absolute atomic E-state index is 12.8. The Labute approximate surface area is 184 Å². The van der Waals surface area contributed by atoms with Gasteiger partial charge in [-0.15, -0.1) is 0 Å². The van der Waals surface area contributed by atoms with Gasteiger partial charge in [0.05, 0.1) is 24.1 Å². The summed E-state index contributed by atoms with van der Waals surface area (Å²) in [5.74, 6) is 0.876. The Hall–Kier alpha value is -3.64. The number of hydrogen-bond acceptors (Lipinski definition) is 4. The minimum absolute atomic E-state index is 0.0696. The third kappa shape index (κ3) is 5.10. The molecule has 0 saturated heterocycles. The van der Waals surface area contributed by atoms with Crippen LogP contribution in [-0.4, -0.2) is 27.8 Å². The number of imidazole rings is 1. The lowest BCUT2D eigenvalue weighted by atomic mass is 10.1. The van der Waals surface area contributed by atoms with E-state index in [1.54, 1.807) is 36.4 Å². The number of hydrogen-bond donors (Lipinski definition) is 1. The molecule has 4 aromatic rings. The number of nitrogens with zero attached hydrogens (tertiary/aromatic N) is 2. The predicted molar refractivity (Wildman–Crippen MR) is 119 cm³/mol. The largest absolute Gasteiger partial charge is 0.484 e. The van der Waals surface area contributed by atoms with Crippen molar-refractivity contribution in [2.45, 2.75) is 13.1 Å². The highest BCUT2D eigenvalue weighted by molar-refractivity contribution is 6.30. The quantitative estimate of drug-likeness (QED) is 0.421. The summed E-state index contributed by atoms with van der Waals surface area (Å²) in [6, 6.07) is 23.5. The van der Waals surface area contributed by atoms with Crippen molar-refractivity contribution in [3.63, 3.8) is 0 Å². The summed E-state index contributed by atoms with van der Waals surface area (Å²) in [5, 5.41) is 3.39. The zero-order valence-electron chi connectivity index (χ0n) is 16.6. The molecule has 0 bridgehead atoms. The van der Waals surface area contributed by atoms with Crippen molar-refractivity contribution >= 4 is 34.3 Å². The van der Waals surface area contributed by atoms with Crippen molar-refractivity contribution in [1.82, 2.24) is 14.9 Å². The first-order valence-electron chi connectivity index (χ1n) is 9.77. The van der Waals surface area contributed by atoms with Crippen LogP contribution in [-0.2, 0) is 17.9 Å². The van der Waals surface area contributed by atoms with Crippen LogP contribution >= 0.6 is 11.6 Å². The van der Waals surface area contributed by atoms with Crippen LogP contribution in [0.15, 0.2) is 78.9 Å². The Balaban J connectivity index is 1.47. The molecule has 0 aliphatic carbocycles. The van der Waals surface area contributed by atoms with E-state index in [0.29, 0.717) is 22.2 Å². The number of Topliss-reactive ketones (excluding diaryl/α,β-unsaturated/α-hetero) is 1. The van der Waals surface area contributed by atoms with Crippen molar-refractivity contribution in [3.05, 3.63) is 95.3 Å². The second-order valence-electron chi connectivity index (χ2n) is 6.91. The summed E-state index contributed by atoms with van der Waals surface area (Å²) in [4.78, 5) is 29.7. The number of benzene rings is 3. The van der Waals surface area contributed by atoms with Crippen LogP contribution in [0.1, 0.15) is 16.2 Å². The number of nitrogens with one attached hydrogen (secondary N) is 1. The van der Waals surface area contributed by atoms with Gasteiger partial charge in [0.2, 0.25) is 0 Å². The molecule has 1 aromatic heterocycles. The normalized spacial score (nSPS) is 10.7. The Morgan fingerprint density at radius 2 is 1.65 bits per heavy atom. The fourth-order valence-electron chi connectivity index (χ4n) is 3.20. The molecule has 7 heteroatoms. The van der Waals surface area contributed by atoms with Crippen LogP contribution in [0.5, 0.6) is 5.75 Å². The average Bonchev–Trinajstić information content (AvgIpc) is 3.14. The molecule has 0 saturated carbocycles. The molecular formula is C24H20ClN3O3. The van der Waals surface area contributed by atoms with Crippen molar-refractivity contribution < 1.29 is 14.3 Å². The molecule has 1 N–H and O–H groups in total. The van der Waals surface area contributed by atoms with E-state index >= 15 is 0 Å². The predicted octanol–water partition coefficient (Wildman–Crippen LogP) is 4.27. The molecule has 3 aromatic carbocycles. The van der Waals surface area contributed by atoms with E-state index in [1.165, 1.54) is 0 Å². The minimum atomic E-state index is -0.272. The fraction of sp³-hybridized carbons (Fsp3) is 0.125. The van der Waals surface area contributed by atoms with Gasteiger partial charge in [0, 0.05) is 10.6 Å².